The minimum atomic E-state index is -0.570. The molecule has 1 N–H and O–H groups in total. The van der Waals surface area contributed by atoms with Crippen LogP contribution in [0.1, 0.15) is 5.76 Å². The Labute approximate surface area is 79.3 Å². The van der Waals surface area contributed by atoms with Crippen LogP contribution in [-0.4, -0.2) is 5.11 Å². The summed E-state index contributed by atoms with van der Waals surface area (Å²) in [6.07, 6.45) is 0. The Morgan fingerprint density at radius 2 is 2.27 bits per heavy atom. The minimum absolute atomic E-state index is 0.0576. The Bertz CT molecular complexity index is 318. The molecule has 0 saturated heterocycles. The standard InChI is InChI=1S/C6H4Br2O3/c7-2-3-1-4(9)5(8)6(10)11-3/h1,9H,2H2. The zero-order valence-corrected chi connectivity index (χ0v) is 8.48. The molecule has 3 nitrogen and oxygen atoms in total. The van der Waals surface area contributed by atoms with Crippen molar-refractivity contribution < 1.29 is 9.52 Å². The summed E-state index contributed by atoms with van der Waals surface area (Å²) in [5, 5.41) is 9.49. The molecule has 0 aliphatic heterocycles. The molecule has 0 aromatic carbocycles. The first kappa shape index (κ1) is 8.80. The number of alkyl halides is 1. The molecule has 0 spiro atoms. The normalized spacial score (nSPS) is 10.0. The van der Waals surface area contributed by atoms with Gasteiger partial charge in [0.2, 0.25) is 0 Å². The van der Waals surface area contributed by atoms with Gasteiger partial charge in [-0.05, 0) is 15.9 Å². The fourth-order valence-corrected chi connectivity index (χ4v) is 1.05. The molecule has 1 rings (SSSR count). The van der Waals surface area contributed by atoms with Crippen molar-refractivity contribution in [2.75, 3.05) is 0 Å². The van der Waals surface area contributed by atoms with Crippen LogP contribution in [-0.2, 0) is 5.33 Å². The lowest BCUT2D eigenvalue weighted by Crippen LogP contribution is -2.00. The maximum atomic E-state index is 10.8. The lowest BCUT2D eigenvalue weighted by molar-refractivity contribution is 0.427. The molecule has 1 heterocycles. The molecule has 0 unspecified atom stereocenters. The van der Waals surface area contributed by atoms with Crippen LogP contribution < -0.4 is 5.63 Å². The molecule has 0 fully saturated rings. The van der Waals surface area contributed by atoms with Gasteiger partial charge in [0.15, 0.2) is 0 Å². The topological polar surface area (TPSA) is 50.4 Å². The first-order valence-corrected chi connectivity index (χ1v) is 4.64. The van der Waals surface area contributed by atoms with Gasteiger partial charge < -0.3 is 9.52 Å². The van der Waals surface area contributed by atoms with Crippen molar-refractivity contribution in [2.45, 2.75) is 5.33 Å². The monoisotopic (exact) mass is 282 g/mol. The third-order valence-electron chi connectivity index (χ3n) is 1.06. The second-order valence-electron chi connectivity index (χ2n) is 1.83. The van der Waals surface area contributed by atoms with E-state index in [1.54, 1.807) is 0 Å². The minimum Gasteiger partial charge on any atom is -0.506 e. The number of hydrogen-bond acceptors (Lipinski definition) is 3. The lowest BCUT2D eigenvalue weighted by atomic mass is 10.4. The van der Waals surface area contributed by atoms with Gasteiger partial charge in [0.25, 0.3) is 0 Å². The third kappa shape index (κ3) is 1.84. The molecule has 0 radical (unpaired) electrons. The molecule has 0 aliphatic rings. The van der Waals surface area contributed by atoms with E-state index in [1.807, 2.05) is 0 Å². The van der Waals surface area contributed by atoms with Gasteiger partial charge >= 0.3 is 5.63 Å². The van der Waals surface area contributed by atoms with Gasteiger partial charge in [-0.15, -0.1) is 0 Å². The number of rotatable bonds is 1. The van der Waals surface area contributed by atoms with E-state index in [1.165, 1.54) is 6.07 Å². The van der Waals surface area contributed by atoms with E-state index < -0.39 is 5.63 Å². The summed E-state index contributed by atoms with van der Waals surface area (Å²) < 4.78 is 4.79. The van der Waals surface area contributed by atoms with Gasteiger partial charge in [-0.25, -0.2) is 4.79 Å². The quantitative estimate of drug-likeness (QED) is 0.802. The summed E-state index contributed by atoms with van der Waals surface area (Å²) in [6.45, 7) is 0. The maximum Gasteiger partial charge on any atom is 0.354 e. The Balaban J connectivity index is 3.32. The van der Waals surface area contributed by atoms with Crippen LogP contribution in [0.2, 0.25) is 0 Å². The van der Waals surface area contributed by atoms with Crippen LogP contribution in [0.3, 0.4) is 0 Å². The van der Waals surface area contributed by atoms with Gasteiger partial charge in [-0.2, -0.15) is 0 Å². The highest BCUT2D eigenvalue weighted by atomic mass is 79.9. The van der Waals surface area contributed by atoms with Gasteiger partial charge in [0.05, 0.1) is 5.33 Å². The summed E-state index contributed by atoms with van der Waals surface area (Å²) in [7, 11) is 0. The lowest BCUT2D eigenvalue weighted by Gasteiger charge is -1.96. The molecule has 1 aromatic rings. The summed E-state index contributed by atoms with van der Waals surface area (Å²) in [6, 6.07) is 1.38. The van der Waals surface area contributed by atoms with Crippen LogP contribution in [0.15, 0.2) is 19.8 Å². The fraction of sp³-hybridized carbons (Fsp3) is 0.167. The largest absolute Gasteiger partial charge is 0.506 e. The van der Waals surface area contributed by atoms with Crippen molar-refractivity contribution in [3.8, 4) is 5.75 Å². The van der Waals surface area contributed by atoms with Gasteiger partial charge in [0, 0.05) is 6.07 Å². The summed E-state index contributed by atoms with van der Waals surface area (Å²) >= 11 is 5.96. The van der Waals surface area contributed by atoms with Crippen LogP contribution in [0.4, 0.5) is 0 Å². The molecule has 0 amide bonds. The molecular formula is C6H4Br2O3. The summed E-state index contributed by atoms with van der Waals surface area (Å²) in [5.74, 6) is 0.298. The third-order valence-corrected chi connectivity index (χ3v) is 2.34. The highest BCUT2D eigenvalue weighted by molar-refractivity contribution is 9.10. The van der Waals surface area contributed by atoms with Crippen molar-refractivity contribution >= 4 is 31.9 Å². The van der Waals surface area contributed by atoms with Crippen LogP contribution >= 0.6 is 31.9 Å². The molecule has 1 aromatic heterocycles. The number of halogens is 2. The first-order chi connectivity index (χ1) is 5.15. The molecule has 0 atom stereocenters. The smallest absolute Gasteiger partial charge is 0.354 e. The van der Waals surface area contributed by atoms with E-state index in [4.69, 9.17) is 9.52 Å². The molecule has 11 heavy (non-hydrogen) atoms. The van der Waals surface area contributed by atoms with Crippen LogP contribution in [0.25, 0.3) is 0 Å². The first-order valence-electron chi connectivity index (χ1n) is 2.72. The Kier molecular flexibility index (Phi) is 2.72. The van der Waals surface area contributed by atoms with Crippen molar-refractivity contribution in [2.24, 2.45) is 0 Å². The molecule has 0 aliphatic carbocycles. The van der Waals surface area contributed by atoms with Crippen molar-refractivity contribution in [1.29, 1.82) is 0 Å². The highest BCUT2D eigenvalue weighted by Gasteiger charge is 2.06. The Hall–Kier alpha value is -0.290. The predicted molar refractivity (Wildman–Crippen MR) is 47.0 cm³/mol. The summed E-state index contributed by atoms with van der Waals surface area (Å²) in [4.78, 5) is 10.8. The second-order valence-corrected chi connectivity index (χ2v) is 3.19. The Morgan fingerprint density at radius 3 is 2.73 bits per heavy atom. The molecule has 5 heteroatoms. The van der Waals surface area contributed by atoms with E-state index in [9.17, 15) is 4.79 Å². The molecule has 60 valence electrons. The zero-order chi connectivity index (χ0) is 8.43. The van der Waals surface area contributed by atoms with Crippen molar-refractivity contribution in [1.82, 2.24) is 0 Å². The molecule has 0 saturated carbocycles. The predicted octanol–water partition coefficient (Wildman–Crippen LogP) is 2.00. The second kappa shape index (κ2) is 3.40. The van der Waals surface area contributed by atoms with E-state index in [-0.39, 0.29) is 10.2 Å². The van der Waals surface area contributed by atoms with Gasteiger partial charge in [0.1, 0.15) is 16.0 Å². The number of hydrogen-bond donors (Lipinski definition) is 1. The zero-order valence-electron chi connectivity index (χ0n) is 5.30. The van der Waals surface area contributed by atoms with E-state index in [2.05, 4.69) is 31.9 Å². The van der Waals surface area contributed by atoms with E-state index in [0.29, 0.717) is 11.1 Å². The molecular weight excluding hydrogens is 280 g/mol. The summed E-state index contributed by atoms with van der Waals surface area (Å²) in [5.41, 5.74) is -0.570. The Morgan fingerprint density at radius 1 is 1.64 bits per heavy atom. The van der Waals surface area contributed by atoms with Gasteiger partial charge in [-0.3, -0.25) is 0 Å². The maximum absolute atomic E-state index is 10.8. The van der Waals surface area contributed by atoms with Crippen molar-refractivity contribution in [3.05, 3.63) is 26.7 Å². The average molecular weight is 284 g/mol. The van der Waals surface area contributed by atoms with Crippen molar-refractivity contribution in [3.63, 3.8) is 0 Å². The highest BCUT2D eigenvalue weighted by Crippen LogP contribution is 2.20. The van der Waals surface area contributed by atoms with Gasteiger partial charge in [-0.1, -0.05) is 15.9 Å². The SMILES string of the molecule is O=c1oc(CBr)cc(O)c1Br. The fourth-order valence-electron chi connectivity index (χ4n) is 0.580. The van der Waals surface area contributed by atoms with Crippen LogP contribution in [0, 0.1) is 0 Å². The van der Waals surface area contributed by atoms with E-state index >= 15 is 0 Å². The van der Waals surface area contributed by atoms with Crippen LogP contribution in [0.5, 0.6) is 5.75 Å². The molecule has 0 bridgehead atoms. The van der Waals surface area contributed by atoms with E-state index in [0.717, 1.165) is 0 Å². The average Bonchev–Trinajstić information content (AvgIpc) is 1.99. The number of aromatic hydroxyl groups is 1.